The number of rotatable bonds is 3. The van der Waals surface area contributed by atoms with Crippen molar-refractivity contribution in [3.63, 3.8) is 0 Å². The smallest absolute Gasteiger partial charge is 0.127 e. The summed E-state index contributed by atoms with van der Waals surface area (Å²) in [4.78, 5) is 0. The van der Waals surface area contributed by atoms with Crippen molar-refractivity contribution in [2.45, 2.75) is 58.3 Å². The van der Waals surface area contributed by atoms with E-state index in [2.05, 4.69) is 51.9 Å². The summed E-state index contributed by atoms with van der Waals surface area (Å²) in [6.07, 6.45) is 3.82. The highest BCUT2D eigenvalue weighted by atomic mass is 16.5. The Morgan fingerprint density at radius 3 is 2.15 bits per heavy atom. The summed E-state index contributed by atoms with van der Waals surface area (Å²) in [6.45, 7) is 11.6. The number of benzene rings is 2. The third-order valence-corrected chi connectivity index (χ3v) is 5.92. The summed E-state index contributed by atoms with van der Waals surface area (Å²) in [6, 6.07) is 10.6. The van der Waals surface area contributed by atoms with E-state index in [0.29, 0.717) is 0 Å². The molecule has 26 heavy (non-hydrogen) atoms. The molecular formula is C23H29NO2. The maximum atomic E-state index is 8.78. The van der Waals surface area contributed by atoms with Crippen LogP contribution < -0.4 is 4.74 Å². The Morgan fingerprint density at radius 2 is 1.58 bits per heavy atom. The average Bonchev–Trinajstić information content (AvgIpc) is 2.59. The van der Waals surface area contributed by atoms with Crippen molar-refractivity contribution in [3.05, 3.63) is 52.6 Å². The number of nitrogens with zero attached hydrogens (tertiary/aromatic N) is 1. The zero-order chi connectivity index (χ0) is 19.1. The first-order valence-corrected chi connectivity index (χ1v) is 9.21. The van der Waals surface area contributed by atoms with Gasteiger partial charge in [-0.1, -0.05) is 45.0 Å². The van der Waals surface area contributed by atoms with Crippen molar-refractivity contribution in [1.29, 1.82) is 0 Å². The third kappa shape index (κ3) is 3.11. The van der Waals surface area contributed by atoms with E-state index in [9.17, 15) is 0 Å². The number of oxime groups is 1. The molecule has 0 aliphatic heterocycles. The lowest BCUT2D eigenvalue weighted by Crippen LogP contribution is -2.34. The Bertz CT molecular complexity index is 863. The van der Waals surface area contributed by atoms with Crippen molar-refractivity contribution in [2.24, 2.45) is 5.16 Å². The molecule has 138 valence electrons. The molecule has 3 rings (SSSR count). The molecule has 1 aliphatic rings. The predicted molar refractivity (Wildman–Crippen MR) is 108 cm³/mol. The van der Waals surface area contributed by atoms with Gasteiger partial charge in [0.15, 0.2) is 0 Å². The van der Waals surface area contributed by atoms with Crippen LogP contribution in [0.2, 0.25) is 0 Å². The van der Waals surface area contributed by atoms with Gasteiger partial charge in [0.05, 0.1) is 13.3 Å². The fraction of sp³-hybridized carbons (Fsp3) is 0.435. The van der Waals surface area contributed by atoms with Crippen molar-refractivity contribution < 1.29 is 9.94 Å². The summed E-state index contributed by atoms with van der Waals surface area (Å²) in [7, 11) is 1.68. The number of hydrogen-bond donors (Lipinski definition) is 1. The lowest BCUT2D eigenvalue weighted by Gasteiger charge is -2.42. The van der Waals surface area contributed by atoms with Crippen LogP contribution in [0.1, 0.15) is 62.8 Å². The first kappa shape index (κ1) is 18.5. The van der Waals surface area contributed by atoms with Gasteiger partial charge in [-0.25, -0.2) is 0 Å². The topological polar surface area (TPSA) is 41.8 Å². The number of hydrogen-bond acceptors (Lipinski definition) is 3. The summed E-state index contributed by atoms with van der Waals surface area (Å²) in [5.74, 6) is 0.790. The zero-order valence-electron chi connectivity index (χ0n) is 16.7. The molecule has 3 nitrogen and oxygen atoms in total. The third-order valence-electron chi connectivity index (χ3n) is 5.92. The van der Waals surface area contributed by atoms with E-state index in [-0.39, 0.29) is 10.8 Å². The van der Waals surface area contributed by atoms with Gasteiger partial charge in [0.1, 0.15) is 5.75 Å². The van der Waals surface area contributed by atoms with Gasteiger partial charge < -0.3 is 9.94 Å². The van der Waals surface area contributed by atoms with Crippen LogP contribution in [0.15, 0.2) is 35.5 Å². The number of methoxy groups -OCH3 is 1. The first-order chi connectivity index (χ1) is 12.2. The molecule has 2 aromatic carbocycles. The number of fused-ring (bicyclic) bond motifs is 1. The molecular weight excluding hydrogens is 322 g/mol. The molecule has 0 heterocycles. The Morgan fingerprint density at radius 1 is 0.962 bits per heavy atom. The Hall–Kier alpha value is -2.29. The summed E-state index contributed by atoms with van der Waals surface area (Å²) in [5.41, 5.74) is 7.64. The molecule has 0 saturated heterocycles. The van der Waals surface area contributed by atoms with Crippen LogP contribution in [0.25, 0.3) is 11.1 Å². The second-order valence-electron chi connectivity index (χ2n) is 8.68. The molecule has 3 heteroatoms. The fourth-order valence-corrected chi connectivity index (χ4v) is 4.09. The van der Waals surface area contributed by atoms with Gasteiger partial charge in [0.25, 0.3) is 0 Å². The summed E-state index contributed by atoms with van der Waals surface area (Å²) >= 11 is 0. The molecule has 0 fully saturated rings. The first-order valence-electron chi connectivity index (χ1n) is 9.21. The van der Waals surface area contributed by atoms with Crippen LogP contribution in [-0.2, 0) is 10.8 Å². The summed E-state index contributed by atoms with van der Waals surface area (Å²) < 4.78 is 5.64. The molecule has 1 N–H and O–H groups in total. The lowest BCUT2D eigenvalue weighted by molar-refractivity contribution is 0.322. The minimum Gasteiger partial charge on any atom is -0.496 e. The molecule has 0 unspecified atom stereocenters. The quantitative estimate of drug-likeness (QED) is 0.429. The Balaban J connectivity index is 2.22. The van der Waals surface area contributed by atoms with E-state index >= 15 is 0 Å². The molecule has 0 bridgehead atoms. The van der Waals surface area contributed by atoms with Crippen LogP contribution in [0, 0.1) is 6.92 Å². The maximum absolute atomic E-state index is 8.78. The van der Waals surface area contributed by atoms with Gasteiger partial charge in [-0.15, -0.1) is 0 Å². The van der Waals surface area contributed by atoms with E-state index in [1.54, 1.807) is 7.11 Å². The molecule has 0 aromatic heterocycles. The SMILES string of the molecule is COc1cc(/C=N/O)ccc1-c1cc2c(cc1C)C(C)(C)CCC2(C)C. The number of aryl methyl sites for hydroxylation is 1. The van der Waals surface area contributed by atoms with Crippen molar-refractivity contribution >= 4 is 6.21 Å². The van der Waals surface area contributed by atoms with E-state index < -0.39 is 0 Å². The zero-order valence-corrected chi connectivity index (χ0v) is 16.7. The minimum atomic E-state index is 0.171. The van der Waals surface area contributed by atoms with Crippen LogP contribution in [-0.4, -0.2) is 18.5 Å². The molecule has 1 aliphatic carbocycles. The van der Waals surface area contributed by atoms with Crippen LogP contribution in [0.4, 0.5) is 0 Å². The van der Waals surface area contributed by atoms with Gasteiger partial charge in [-0.2, -0.15) is 0 Å². The molecule has 2 aromatic rings. The second kappa shape index (κ2) is 6.46. The van der Waals surface area contributed by atoms with E-state index in [1.807, 2.05) is 18.2 Å². The molecule has 0 atom stereocenters. The molecule has 0 radical (unpaired) electrons. The summed E-state index contributed by atoms with van der Waals surface area (Å²) in [5, 5.41) is 11.9. The van der Waals surface area contributed by atoms with E-state index in [4.69, 9.17) is 9.94 Å². The van der Waals surface area contributed by atoms with Gasteiger partial charge in [0, 0.05) is 5.56 Å². The predicted octanol–water partition coefficient (Wildman–Crippen LogP) is 5.83. The van der Waals surface area contributed by atoms with E-state index in [0.717, 1.165) is 16.9 Å². The highest BCUT2D eigenvalue weighted by Crippen LogP contribution is 2.48. The molecule has 0 amide bonds. The van der Waals surface area contributed by atoms with Gasteiger partial charge in [0.2, 0.25) is 0 Å². The average molecular weight is 351 g/mol. The van der Waals surface area contributed by atoms with Crippen molar-refractivity contribution in [2.75, 3.05) is 7.11 Å². The normalized spacial score (nSPS) is 17.9. The van der Waals surface area contributed by atoms with Gasteiger partial charge in [-0.05, 0) is 76.6 Å². The molecule has 0 spiro atoms. The lowest BCUT2D eigenvalue weighted by atomic mass is 9.62. The van der Waals surface area contributed by atoms with Crippen LogP contribution >= 0.6 is 0 Å². The Kier molecular flexibility index (Phi) is 4.60. The number of ether oxygens (including phenoxy) is 1. The van der Waals surface area contributed by atoms with Crippen LogP contribution in [0.3, 0.4) is 0 Å². The highest BCUT2D eigenvalue weighted by Gasteiger charge is 2.37. The minimum absolute atomic E-state index is 0.171. The van der Waals surface area contributed by atoms with Crippen molar-refractivity contribution in [3.8, 4) is 16.9 Å². The molecule has 0 saturated carbocycles. The Labute approximate surface area is 156 Å². The second-order valence-corrected chi connectivity index (χ2v) is 8.68. The maximum Gasteiger partial charge on any atom is 0.127 e. The van der Waals surface area contributed by atoms with Crippen LogP contribution in [0.5, 0.6) is 5.75 Å². The van der Waals surface area contributed by atoms with E-state index in [1.165, 1.54) is 41.3 Å². The monoisotopic (exact) mass is 351 g/mol. The highest BCUT2D eigenvalue weighted by molar-refractivity contribution is 5.84. The van der Waals surface area contributed by atoms with Crippen molar-refractivity contribution in [1.82, 2.24) is 0 Å². The standard InChI is InChI=1S/C23H29NO2/c1-15-11-19-20(23(4,5)10-9-22(19,2)3)13-18(15)17-8-7-16(14-24-25)12-21(17)26-6/h7-8,11-14,25H,9-10H2,1-6H3/b24-14+. The fourth-order valence-electron chi connectivity index (χ4n) is 4.09. The van der Waals surface area contributed by atoms with Gasteiger partial charge >= 0.3 is 0 Å². The van der Waals surface area contributed by atoms with Gasteiger partial charge in [-0.3, -0.25) is 0 Å². The largest absolute Gasteiger partial charge is 0.496 e.